The molecule has 0 aliphatic heterocycles. The van der Waals surface area contributed by atoms with Gasteiger partial charge in [-0.05, 0) is 17.7 Å². The molecule has 0 spiro atoms. The van der Waals surface area contributed by atoms with E-state index >= 15 is 0 Å². The van der Waals surface area contributed by atoms with Crippen molar-refractivity contribution >= 4 is 0 Å². The van der Waals surface area contributed by atoms with Crippen molar-refractivity contribution in [3.63, 3.8) is 0 Å². The molecule has 0 N–H and O–H groups in total. The molecule has 0 radical (unpaired) electrons. The third kappa shape index (κ3) is 3.17. The Morgan fingerprint density at radius 2 is 1.71 bits per heavy atom. The van der Waals surface area contributed by atoms with Crippen LogP contribution < -0.4 is 4.74 Å². The number of benzene rings is 1. The maximum Gasteiger partial charge on any atom is 0.573 e. The van der Waals surface area contributed by atoms with Crippen molar-refractivity contribution in [2.24, 2.45) is 0 Å². The van der Waals surface area contributed by atoms with E-state index in [1.165, 1.54) is 36.9 Å². The van der Waals surface area contributed by atoms with E-state index in [2.05, 4.69) is 14.7 Å². The van der Waals surface area contributed by atoms with Crippen molar-refractivity contribution in [1.29, 1.82) is 0 Å². The van der Waals surface area contributed by atoms with E-state index in [1.807, 2.05) is 0 Å². The number of alkyl halides is 3. The maximum atomic E-state index is 12.0. The van der Waals surface area contributed by atoms with Crippen LogP contribution in [-0.4, -0.2) is 16.3 Å². The summed E-state index contributed by atoms with van der Waals surface area (Å²) in [6.45, 7) is 0. The van der Waals surface area contributed by atoms with Crippen molar-refractivity contribution in [3.8, 4) is 16.9 Å². The molecule has 3 nitrogen and oxygen atoms in total. The monoisotopic (exact) mass is 240 g/mol. The normalized spacial score (nSPS) is 11.2. The van der Waals surface area contributed by atoms with Crippen LogP contribution in [0.25, 0.3) is 11.1 Å². The lowest BCUT2D eigenvalue weighted by atomic mass is 10.1. The third-order valence-electron chi connectivity index (χ3n) is 1.96. The Kier molecular flexibility index (Phi) is 2.95. The number of hydrogen-bond acceptors (Lipinski definition) is 3. The van der Waals surface area contributed by atoms with Crippen molar-refractivity contribution in [2.45, 2.75) is 6.36 Å². The quantitative estimate of drug-likeness (QED) is 0.809. The minimum absolute atomic E-state index is 0.265. The summed E-state index contributed by atoms with van der Waals surface area (Å²) >= 11 is 0. The maximum absolute atomic E-state index is 12.0. The Balaban J connectivity index is 2.29. The fourth-order valence-corrected chi connectivity index (χ4v) is 1.32. The summed E-state index contributed by atoms with van der Waals surface area (Å²) in [5.74, 6) is -0.265. The first-order chi connectivity index (χ1) is 8.04. The van der Waals surface area contributed by atoms with Gasteiger partial charge in [0.05, 0.1) is 0 Å². The van der Waals surface area contributed by atoms with Crippen LogP contribution in [0, 0.1) is 0 Å². The number of aromatic nitrogens is 2. The zero-order valence-corrected chi connectivity index (χ0v) is 8.48. The molecular weight excluding hydrogens is 233 g/mol. The topological polar surface area (TPSA) is 35.0 Å². The molecule has 0 atom stereocenters. The van der Waals surface area contributed by atoms with Gasteiger partial charge in [0, 0.05) is 18.0 Å². The van der Waals surface area contributed by atoms with Gasteiger partial charge in [-0.15, -0.1) is 13.2 Å². The molecule has 0 saturated carbocycles. The van der Waals surface area contributed by atoms with Crippen LogP contribution in [0.2, 0.25) is 0 Å². The Morgan fingerprint density at radius 1 is 1.00 bits per heavy atom. The molecule has 0 amide bonds. The van der Waals surface area contributed by atoms with E-state index in [9.17, 15) is 13.2 Å². The van der Waals surface area contributed by atoms with E-state index in [4.69, 9.17) is 0 Å². The van der Waals surface area contributed by atoms with E-state index in [0.29, 0.717) is 11.1 Å². The van der Waals surface area contributed by atoms with Crippen molar-refractivity contribution < 1.29 is 17.9 Å². The summed E-state index contributed by atoms with van der Waals surface area (Å²) in [5.41, 5.74) is 1.19. The second-order valence-electron chi connectivity index (χ2n) is 3.20. The van der Waals surface area contributed by atoms with Crippen LogP contribution in [0.15, 0.2) is 43.0 Å². The summed E-state index contributed by atoms with van der Waals surface area (Å²) in [6, 6.07) is 5.65. The van der Waals surface area contributed by atoms with Crippen molar-refractivity contribution in [3.05, 3.63) is 43.0 Å². The summed E-state index contributed by atoms with van der Waals surface area (Å²) in [5, 5.41) is 0. The third-order valence-corrected chi connectivity index (χ3v) is 1.96. The van der Waals surface area contributed by atoms with E-state index in [1.54, 1.807) is 6.07 Å². The van der Waals surface area contributed by atoms with Crippen LogP contribution in [0.1, 0.15) is 0 Å². The summed E-state index contributed by atoms with van der Waals surface area (Å²) in [6.07, 6.45) is -0.315. The van der Waals surface area contributed by atoms with Gasteiger partial charge in [0.25, 0.3) is 0 Å². The van der Waals surface area contributed by atoms with Gasteiger partial charge in [0.15, 0.2) is 0 Å². The van der Waals surface area contributed by atoms with Crippen LogP contribution in [0.5, 0.6) is 5.75 Å². The lowest BCUT2D eigenvalue weighted by molar-refractivity contribution is -0.274. The molecule has 2 aromatic rings. The molecule has 6 heteroatoms. The van der Waals surface area contributed by atoms with Crippen LogP contribution in [0.4, 0.5) is 13.2 Å². The van der Waals surface area contributed by atoms with E-state index < -0.39 is 6.36 Å². The summed E-state index contributed by atoms with van der Waals surface area (Å²) in [4.78, 5) is 7.58. The predicted molar refractivity (Wildman–Crippen MR) is 54.2 cm³/mol. The molecule has 1 aromatic carbocycles. The molecule has 2 rings (SSSR count). The minimum atomic E-state index is -4.69. The summed E-state index contributed by atoms with van der Waals surface area (Å²) < 4.78 is 39.9. The van der Waals surface area contributed by atoms with Crippen molar-refractivity contribution in [1.82, 2.24) is 9.97 Å². The van der Waals surface area contributed by atoms with E-state index in [-0.39, 0.29) is 5.75 Å². The molecule has 0 bridgehead atoms. The largest absolute Gasteiger partial charge is 0.573 e. The molecule has 0 aliphatic rings. The van der Waals surface area contributed by atoms with Crippen LogP contribution >= 0.6 is 0 Å². The Bertz CT molecular complexity index is 500. The highest BCUT2D eigenvalue weighted by atomic mass is 19.4. The van der Waals surface area contributed by atoms with Gasteiger partial charge in [-0.3, -0.25) is 0 Å². The lowest BCUT2D eigenvalue weighted by Crippen LogP contribution is -2.17. The molecular formula is C11H7F3N2O. The molecule has 88 valence electrons. The Labute approximate surface area is 94.9 Å². The SMILES string of the molecule is FC(F)(F)Oc1cccc(-c2cncnc2)c1. The van der Waals surface area contributed by atoms with E-state index in [0.717, 1.165) is 0 Å². The lowest BCUT2D eigenvalue weighted by Gasteiger charge is -2.09. The smallest absolute Gasteiger partial charge is 0.406 e. The highest BCUT2D eigenvalue weighted by Gasteiger charge is 2.31. The van der Waals surface area contributed by atoms with Gasteiger partial charge >= 0.3 is 6.36 Å². The molecule has 0 fully saturated rings. The van der Waals surface area contributed by atoms with Crippen molar-refractivity contribution in [2.75, 3.05) is 0 Å². The summed E-state index contributed by atoms with van der Waals surface area (Å²) in [7, 11) is 0. The first-order valence-corrected chi connectivity index (χ1v) is 4.66. The number of nitrogens with zero attached hydrogens (tertiary/aromatic N) is 2. The Morgan fingerprint density at radius 3 is 2.35 bits per heavy atom. The molecule has 17 heavy (non-hydrogen) atoms. The van der Waals surface area contributed by atoms with Crippen LogP contribution in [0.3, 0.4) is 0 Å². The molecule has 0 aliphatic carbocycles. The molecule has 1 aromatic heterocycles. The van der Waals surface area contributed by atoms with Crippen LogP contribution in [-0.2, 0) is 0 Å². The van der Waals surface area contributed by atoms with Gasteiger partial charge in [0.1, 0.15) is 12.1 Å². The average Bonchev–Trinajstić information content (AvgIpc) is 2.28. The van der Waals surface area contributed by atoms with Gasteiger partial charge in [-0.1, -0.05) is 12.1 Å². The second-order valence-corrected chi connectivity index (χ2v) is 3.20. The predicted octanol–water partition coefficient (Wildman–Crippen LogP) is 3.04. The number of halogens is 3. The molecule has 1 heterocycles. The van der Waals surface area contributed by atoms with Gasteiger partial charge in [0.2, 0.25) is 0 Å². The molecule has 0 unspecified atom stereocenters. The minimum Gasteiger partial charge on any atom is -0.406 e. The zero-order chi connectivity index (χ0) is 12.3. The van der Waals surface area contributed by atoms with Gasteiger partial charge in [-0.25, -0.2) is 9.97 Å². The second kappa shape index (κ2) is 4.40. The molecule has 0 saturated heterocycles. The fraction of sp³-hybridized carbons (Fsp3) is 0.0909. The average molecular weight is 240 g/mol. The zero-order valence-electron chi connectivity index (χ0n) is 8.48. The van der Waals surface area contributed by atoms with Gasteiger partial charge in [-0.2, -0.15) is 0 Å². The number of ether oxygens (including phenoxy) is 1. The first kappa shape index (κ1) is 11.4. The highest BCUT2D eigenvalue weighted by molar-refractivity contribution is 5.63. The highest BCUT2D eigenvalue weighted by Crippen LogP contribution is 2.27. The fourth-order valence-electron chi connectivity index (χ4n) is 1.32. The van der Waals surface area contributed by atoms with Gasteiger partial charge < -0.3 is 4.74 Å². The Hall–Kier alpha value is -2.11. The number of hydrogen-bond donors (Lipinski definition) is 0. The standard InChI is InChI=1S/C11H7F3N2O/c12-11(13,14)17-10-3-1-2-8(4-10)9-5-15-7-16-6-9/h1-7H. The number of rotatable bonds is 2. The first-order valence-electron chi connectivity index (χ1n) is 4.66.